The van der Waals surface area contributed by atoms with Gasteiger partial charge in [-0.25, -0.2) is 22.8 Å². The van der Waals surface area contributed by atoms with Crippen LogP contribution in [0.2, 0.25) is 0 Å². The van der Waals surface area contributed by atoms with Gasteiger partial charge in [-0.15, -0.1) is 0 Å². The van der Waals surface area contributed by atoms with Gasteiger partial charge in [-0.05, 0) is 68.3 Å². The van der Waals surface area contributed by atoms with Gasteiger partial charge in [-0.1, -0.05) is 6.07 Å². The van der Waals surface area contributed by atoms with Crippen molar-refractivity contribution in [2.45, 2.75) is 51.4 Å². The van der Waals surface area contributed by atoms with E-state index in [1.165, 1.54) is 40.3 Å². The highest BCUT2D eigenvalue weighted by atomic mass is 32.2. The number of oxazole rings is 1. The second-order valence-electron chi connectivity index (χ2n) is 10.8. The number of aliphatic hydroxyl groups excluding tert-OH is 1. The van der Waals surface area contributed by atoms with Crippen LogP contribution in [0.1, 0.15) is 42.9 Å². The first-order valence-electron chi connectivity index (χ1n) is 13.6. The van der Waals surface area contributed by atoms with Crippen molar-refractivity contribution in [3.63, 3.8) is 0 Å². The van der Waals surface area contributed by atoms with Gasteiger partial charge in [0.2, 0.25) is 0 Å². The average Bonchev–Trinajstić information content (AvgIpc) is 3.54. The van der Waals surface area contributed by atoms with E-state index in [0.29, 0.717) is 0 Å². The molecule has 45 heavy (non-hydrogen) atoms. The fourth-order valence-corrected chi connectivity index (χ4v) is 6.06. The molecule has 0 saturated heterocycles. The minimum atomic E-state index is -4.73. The molecule has 0 aliphatic rings. The molecule has 3 heterocycles. The van der Waals surface area contributed by atoms with Crippen LogP contribution < -0.4 is 5.56 Å². The molecule has 0 aliphatic carbocycles. The zero-order valence-electron chi connectivity index (χ0n) is 24.8. The summed E-state index contributed by atoms with van der Waals surface area (Å²) < 4.78 is 89.6. The fraction of sp³-hybridized carbons (Fsp3) is 0.258. The first kappa shape index (κ1) is 31.9. The zero-order chi connectivity index (χ0) is 33.0. The molecule has 1 N–H and O–H groups in total. The molecule has 0 saturated carbocycles. The summed E-state index contributed by atoms with van der Waals surface area (Å²) in [7, 11) is -3.97. The van der Waals surface area contributed by atoms with Crippen molar-refractivity contribution in [3.8, 4) is 39.4 Å². The summed E-state index contributed by atoms with van der Waals surface area (Å²) in [6.45, 7) is 5.73. The van der Waals surface area contributed by atoms with Crippen LogP contribution in [-0.2, 0) is 22.6 Å². The van der Waals surface area contributed by atoms with Gasteiger partial charge in [-0.3, -0.25) is 4.79 Å². The van der Waals surface area contributed by atoms with Crippen LogP contribution in [-0.4, -0.2) is 38.9 Å². The summed E-state index contributed by atoms with van der Waals surface area (Å²) in [5, 5.41) is 9.64. The summed E-state index contributed by atoms with van der Waals surface area (Å²) in [5.74, 6) is -0.749. The molecule has 236 valence electrons. The smallest absolute Gasteiger partial charge is 0.434 e. The molecule has 5 rings (SSSR count). The highest BCUT2D eigenvalue weighted by molar-refractivity contribution is 7.90. The maximum Gasteiger partial charge on any atom is 0.434 e. The topological polar surface area (TPSA) is 120 Å². The van der Waals surface area contributed by atoms with Gasteiger partial charge in [-0.2, -0.15) is 13.2 Å². The summed E-state index contributed by atoms with van der Waals surface area (Å²) in [6, 6.07) is 9.69. The van der Waals surface area contributed by atoms with Crippen LogP contribution in [0.25, 0.3) is 39.4 Å². The van der Waals surface area contributed by atoms with Gasteiger partial charge >= 0.3 is 6.18 Å². The Morgan fingerprint density at radius 1 is 1.02 bits per heavy atom. The second-order valence-corrected chi connectivity index (χ2v) is 12.8. The number of pyridine rings is 1. The Kier molecular flexibility index (Phi) is 8.08. The number of halogens is 4. The Balaban J connectivity index is 1.84. The van der Waals surface area contributed by atoms with Gasteiger partial charge in [0, 0.05) is 42.7 Å². The molecule has 2 aromatic carbocycles. The molecule has 5 aromatic rings. The number of benzene rings is 2. The fourth-order valence-electron chi connectivity index (χ4n) is 5.11. The predicted octanol–water partition coefficient (Wildman–Crippen LogP) is 6.27. The number of hydrogen-bond donors (Lipinski definition) is 1. The van der Waals surface area contributed by atoms with Crippen molar-refractivity contribution in [1.82, 2.24) is 19.1 Å². The Hall–Kier alpha value is -4.56. The third kappa shape index (κ3) is 5.94. The van der Waals surface area contributed by atoms with Crippen LogP contribution in [0.3, 0.4) is 0 Å². The number of hydrogen-bond acceptors (Lipinski definition) is 7. The van der Waals surface area contributed by atoms with E-state index >= 15 is 4.39 Å². The van der Waals surface area contributed by atoms with Crippen molar-refractivity contribution < 1.29 is 35.5 Å². The average molecular weight is 645 g/mol. The van der Waals surface area contributed by atoms with E-state index in [-0.39, 0.29) is 62.7 Å². The molecule has 3 aromatic heterocycles. The molecule has 14 heteroatoms. The quantitative estimate of drug-likeness (QED) is 0.207. The van der Waals surface area contributed by atoms with E-state index in [2.05, 4.69) is 9.97 Å². The van der Waals surface area contributed by atoms with Gasteiger partial charge in [0.15, 0.2) is 27.2 Å². The number of alkyl halides is 3. The van der Waals surface area contributed by atoms with Crippen LogP contribution in [0.5, 0.6) is 0 Å². The lowest BCUT2D eigenvalue weighted by Crippen LogP contribution is -2.22. The first-order valence-corrected chi connectivity index (χ1v) is 15.5. The Labute approximate surface area is 255 Å². The van der Waals surface area contributed by atoms with Gasteiger partial charge < -0.3 is 18.7 Å². The summed E-state index contributed by atoms with van der Waals surface area (Å²) in [6.07, 6.45) is -1.41. The Morgan fingerprint density at radius 3 is 2.33 bits per heavy atom. The number of aromatic nitrogens is 4. The first-order chi connectivity index (χ1) is 21.0. The third-order valence-corrected chi connectivity index (χ3v) is 8.40. The molecule has 0 unspecified atom stereocenters. The number of sulfone groups is 1. The lowest BCUT2D eigenvalue weighted by Gasteiger charge is -2.16. The van der Waals surface area contributed by atoms with E-state index in [1.807, 2.05) is 13.8 Å². The van der Waals surface area contributed by atoms with E-state index in [1.54, 1.807) is 25.3 Å². The van der Waals surface area contributed by atoms with Gasteiger partial charge in [0.25, 0.3) is 5.56 Å². The van der Waals surface area contributed by atoms with Crippen molar-refractivity contribution >= 4 is 9.84 Å². The van der Waals surface area contributed by atoms with E-state index in [0.717, 1.165) is 18.5 Å². The standard InChI is InChI=1S/C31H28F4N4O5S/c1-16(2)38-10-6-7-21(30(38)41)29-28(37-18(4)44-29)22-11-19(20-12-24(32)23(15-40)26(13-20)45(5,42)43)8-9-25(22)39-14-27(31(33,34)35)36-17(39)3/h6-14,16,40H,15H2,1-5H3. The molecular weight excluding hydrogens is 616 g/mol. The maximum absolute atomic E-state index is 15.1. The molecule has 0 atom stereocenters. The minimum absolute atomic E-state index is 0.00216. The molecule has 0 spiro atoms. The van der Waals surface area contributed by atoms with Crippen LogP contribution in [0.4, 0.5) is 17.6 Å². The number of aliphatic hydroxyl groups is 1. The minimum Gasteiger partial charge on any atom is -0.440 e. The lowest BCUT2D eigenvalue weighted by molar-refractivity contribution is -0.141. The molecule has 0 radical (unpaired) electrons. The number of aryl methyl sites for hydroxylation is 2. The normalized spacial score (nSPS) is 12.3. The van der Waals surface area contributed by atoms with E-state index in [9.17, 15) is 31.5 Å². The third-order valence-electron chi connectivity index (χ3n) is 7.24. The molecule has 0 aliphatic heterocycles. The maximum atomic E-state index is 15.1. The van der Waals surface area contributed by atoms with Crippen molar-refractivity contribution in [3.05, 3.63) is 94.0 Å². The number of imidazole rings is 1. The van der Waals surface area contributed by atoms with E-state index < -0.39 is 44.6 Å². The molecule has 0 amide bonds. The van der Waals surface area contributed by atoms with E-state index in [4.69, 9.17) is 4.42 Å². The van der Waals surface area contributed by atoms with Gasteiger partial charge in [0.1, 0.15) is 17.3 Å². The number of nitrogens with zero attached hydrogens (tertiary/aromatic N) is 4. The highest BCUT2D eigenvalue weighted by Gasteiger charge is 2.35. The Bertz CT molecular complexity index is 2110. The number of rotatable bonds is 7. The van der Waals surface area contributed by atoms with Gasteiger partial charge in [0.05, 0.1) is 22.8 Å². The van der Waals surface area contributed by atoms with Crippen molar-refractivity contribution in [1.29, 1.82) is 0 Å². The van der Waals surface area contributed by atoms with Crippen LogP contribution in [0, 0.1) is 19.7 Å². The molecule has 9 nitrogen and oxygen atoms in total. The van der Waals surface area contributed by atoms with Crippen molar-refractivity contribution in [2.75, 3.05) is 6.26 Å². The molecule has 0 fully saturated rings. The lowest BCUT2D eigenvalue weighted by atomic mass is 9.97. The summed E-state index contributed by atoms with van der Waals surface area (Å²) in [5.41, 5.74) is -0.893. The summed E-state index contributed by atoms with van der Waals surface area (Å²) in [4.78, 5) is 21.2. The molecular formula is C31H28F4N4O5S. The largest absolute Gasteiger partial charge is 0.440 e. The zero-order valence-corrected chi connectivity index (χ0v) is 25.6. The predicted molar refractivity (Wildman–Crippen MR) is 158 cm³/mol. The van der Waals surface area contributed by atoms with Crippen molar-refractivity contribution in [2.24, 2.45) is 0 Å². The van der Waals surface area contributed by atoms with Crippen LogP contribution in [0.15, 0.2) is 69.0 Å². The summed E-state index contributed by atoms with van der Waals surface area (Å²) >= 11 is 0. The highest BCUT2D eigenvalue weighted by Crippen LogP contribution is 2.39. The Morgan fingerprint density at radius 2 is 1.73 bits per heavy atom. The molecule has 0 bridgehead atoms. The SMILES string of the molecule is Cc1nc(-c2cc(-c3cc(F)c(CO)c(S(C)(=O)=O)c3)ccc2-n2cc(C(F)(F)F)nc2C)c(-c2cccn(C(C)C)c2=O)o1. The second kappa shape index (κ2) is 11.4. The monoisotopic (exact) mass is 644 g/mol. The van der Waals surface area contributed by atoms with Crippen LogP contribution >= 0.6 is 0 Å².